The Bertz CT molecular complexity index is 811. The van der Waals surface area contributed by atoms with E-state index in [0.717, 1.165) is 20.1 Å². The fourth-order valence-corrected chi connectivity index (χ4v) is 3.90. The predicted molar refractivity (Wildman–Crippen MR) is 98.2 cm³/mol. The monoisotopic (exact) mass is 422 g/mol. The number of fused-ring (bicyclic) bond motifs is 1. The lowest BCUT2D eigenvalue weighted by Crippen LogP contribution is -1.96. The Morgan fingerprint density at radius 2 is 1.57 bits per heavy atom. The SMILES string of the molecule is Cc1cc(Br)c(C(Cl)c2ccc3ccccc3c2)cc1Br. The molecule has 0 heterocycles. The summed E-state index contributed by atoms with van der Waals surface area (Å²) in [6.45, 7) is 2.07. The van der Waals surface area contributed by atoms with Gasteiger partial charge >= 0.3 is 0 Å². The van der Waals surface area contributed by atoms with Crippen molar-refractivity contribution in [3.05, 3.63) is 80.2 Å². The highest BCUT2D eigenvalue weighted by molar-refractivity contribution is 9.11. The van der Waals surface area contributed by atoms with Crippen molar-refractivity contribution in [1.29, 1.82) is 0 Å². The van der Waals surface area contributed by atoms with E-state index in [1.165, 1.54) is 16.3 Å². The van der Waals surface area contributed by atoms with Crippen molar-refractivity contribution < 1.29 is 0 Å². The van der Waals surface area contributed by atoms with Crippen LogP contribution >= 0.6 is 43.5 Å². The summed E-state index contributed by atoms with van der Waals surface area (Å²) in [6.07, 6.45) is 0. The van der Waals surface area contributed by atoms with Gasteiger partial charge in [-0.15, -0.1) is 11.6 Å². The van der Waals surface area contributed by atoms with E-state index in [2.05, 4.69) is 81.2 Å². The van der Waals surface area contributed by atoms with Crippen molar-refractivity contribution in [2.75, 3.05) is 0 Å². The zero-order valence-electron chi connectivity index (χ0n) is 11.4. The first-order chi connectivity index (χ1) is 10.1. The van der Waals surface area contributed by atoms with Gasteiger partial charge in [0.1, 0.15) is 0 Å². The van der Waals surface area contributed by atoms with Gasteiger partial charge in [-0.1, -0.05) is 68.3 Å². The van der Waals surface area contributed by atoms with Crippen molar-refractivity contribution in [3.63, 3.8) is 0 Å². The number of benzene rings is 3. The van der Waals surface area contributed by atoms with Crippen LogP contribution in [-0.2, 0) is 0 Å². The third kappa shape index (κ3) is 3.03. The summed E-state index contributed by atoms with van der Waals surface area (Å²) in [4.78, 5) is 0. The van der Waals surface area contributed by atoms with Crippen LogP contribution in [0.2, 0.25) is 0 Å². The van der Waals surface area contributed by atoms with Gasteiger partial charge in [-0.25, -0.2) is 0 Å². The highest BCUT2D eigenvalue weighted by Gasteiger charge is 2.16. The average Bonchev–Trinajstić information content (AvgIpc) is 2.50. The van der Waals surface area contributed by atoms with Crippen molar-refractivity contribution in [2.45, 2.75) is 12.3 Å². The molecule has 0 spiro atoms. The molecule has 3 heteroatoms. The van der Waals surface area contributed by atoms with Crippen LogP contribution in [0.15, 0.2) is 63.5 Å². The van der Waals surface area contributed by atoms with Crippen LogP contribution in [0.4, 0.5) is 0 Å². The zero-order valence-corrected chi connectivity index (χ0v) is 15.3. The Kier molecular flexibility index (Phi) is 4.39. The fraction of sp³-hybridized carbons (Fsp3) is 0.111. The van der Waals surface area contributed by atoms with Gasteiger partial charge in [-0.05, 0) is 52.6 Å². The molecular formula is C18H13Br2Cl. The third-order valence-corrected chi connectivity index (χ3v) is 5.65. The van der Waals surface area contributed by atoms with Crippen LogP contribution in [0.25, 0.3) is 10.8 Å². The van der Waals surface area contributed by atoms with Crippen molar-refractivity contribution in [1.82, 2.24) is 0 Å². The van der Waals surface area contributed by atoms with E-state index in [1.807, 2.05) is 12.1 Å². The molecule has 3 aromatic rings. The van der Waals surface area contributed by atoms with E-state index in [-0.39, 0.29) is 5.38 Å². The lowest BCUT2D eigenvalue weighted by Gasteiger charge is -2.15. The second-order valence-corrected chi connectivity index (χ2v) is 7.24. The summed E-state index contributed by atoms with van der Waals surface area (Å²) >= 11 is 13.9. The van der Waals surface area contributed by atoms with Crippen LogP contribution in [0.1, 0.15) is 22.1 Å². The first-order valence-corrected chi connectivity index (χ1v) is 8.67. The zero-order chi connectivity index (χ0) is 15.0. The minimum absolute atomic E-state index is 0.180. The smallest absolute Gasteiger partial charge is 0.0846 e. The van der Waals surface area contributed by atoms with Crippen molar-refractivity contribution >= 4 is 54.2 Å². The number of halogens is 3. The quantitative estimate of drug-likeness (QED) is 0.389. The van der Waals surface area contributed by atoms with Crippen LogP contribution in [0, 0.1) is 6.92 Å². The van der Waals surface area contributed by atoms with Gasteiger partial charge in [0.15, 0.2) is 0 Å². The predicted octanol–water partition coefficient (Wildman–Crippen LogP) is 7.00. The van der Waals surface area contributed by atoms with Crippen LogP contribution in [0.5, 0.6) is 0 Å². The first kappa shape index (κ1) is 15.1. The van der Waals surface area contributed by atoms with E-state index in [4.69, 9.17) is 11.6 Å². The molecule has 0 radical (unpaired) electrons. The van der Waals surface area contributed by atoms with E-state index < -0.39 is 0 Å². The summed E-state index contributed by atoms with van der Waals surface area (Å²) in [5.74, 6) is 0. The second-order valence-electron chi connectivity index (χ2n) is 5.09. The molecule has 21 heavy (non-hydrogen) atoms. The molecule has 0 aromatic heterocycles. The molecule has 1 atom stereocenters. The molecule has 0 amide bonds. The molecule has 1 unspecified atom stereocenters. The molecule has 0 aliphatic carbocycles. The summed E-state index contributed by atoms with van der Waals surface area (Å²) in [5, 5.41) is 2.26. The Balaban J connectivity index is 2.07. The molecule has 0 saturated heterocycles. The standard InChI is InChI=1S/C18H13Br2Cl/c1-11-8-17(20)15(10-16(11)19)18(21)14-7-6-12-4-2-3-5-13(12)9-14/h2-10,18H,1H3. The number of rotatable bonds is 2. The Morgan fingerprint density at radius 1 is 0.857 bits per heavy atom. The largest absolute Gasteiger partial charge is 0.113 e. The number of hydrogen-bond donors (Lipinski definition) is 0. The van der Waals surface area contributed by atoms with E-state index in [1.54, 1.807) is 0 Å². The van der Waals surface area contributed by atoms with Crippen molar-refractivity contribution in [2.24, 2.45) is 0 Å². The maximum Gasteiger partial charge on any atom is 0.0846 e. The molecule has 0 aliphatic rings. The van der Waals surface area contributed by atoms with Crippen molar-refractivity contribution in [3.8, 4) is 0 Å². The number of alkyl halides is 1. The Labute approximate surface area is 146 Å². The van der Waals surface area contributed by atoms with Crippen LogP contribution in [0.3, 0.4) is 0 Å². The molecule has 0 fully saturated rings. The molecule has 0 aliphatic heterocycles. The van der Waals surface area contributed by atoms with E-state index >= 15 is 0 Å². The van der Waals surface area contributed by atoms with E-state index in [0.29, 0.717) is 0 Å². The van der Waals surface area contributed by atoms with E-state index in [9.17, 15) is 0 Å². The molecular weight excluding hydrogens is 411 g/mol. The minimum Gasteiger partial charge on any atom is -0.113 e. The molecule has 3 rings (SSSR count). The molecule has 0 saturated carbocycles. The highest BCUT2D eigenvalue weighted by Crippen LogP contribution is 2.37. The number of hydrogen-bond acceptors (Lipinski definition) is 0. The van der Waals surface area contributed by atoms with Crippen LogP contribution < -0.4 is 0 Å². The number of aryl methyl sites for hydroxylation is 1. The fourth-order valence-electron chi connectivity index (χ4n) is 2.40. The Morgan fingerprint density at radius 3 is 2.33 bits per heavy atom. The highest BCUT2D eigenvalue weighted by atomic mass is 79.9. The van der Waals surface area contributed by atoms with Gasteiger partial charge in [-0.3, -0.25) is 0 Å². The Hall–Kier alpha value is -0.830. The second kappa shape index (κ2) is 6.12. The molecule has 3 aromatic carbocycles. The van der Waals surface area contributed by atoms with Gasteiger partial charge in [0.2, 0.25) is 0 Å². The van der Waals surface area contributed by atoms with Gasteiger partial charge in [0, 0.05) is 8.95 Å². The molecule has 106 valence electrons. The minimum atomic E-state index is -0.180. The molecule has 0 N–H and O–H groups in total. The maximum atomic E-state index is 6.71. The van der Waals surface area contributed by atoms with Gasteiger partial charge in [-0.2, -0.15) is 0 Å². The van der Waals surface area contributed by atoms with Gasteiger partial charge < -0.3 is 0 Å². The lowest BCUT2D eigenvalue weighted by molar-refractivity contribution is 1.12. The van der Waals surface area contributed by atoms with Crippen LogP contribution in [-0.4, -0.2) is 0 Å². The summed E-state index contributed by atoms with van der Waals surface area (Å²) < 4.78 is 2.11. The first-order valence-electron chi connectivity index (χ1n) is 6.64. The topological polar surface area (TPSA) is 0 Å². The molecule has 0 bridgehead atoms. The third-order valence-electron chi connectivity index (χ3n) is 3.62. The summed E-state index contributed by atoms with van der Waals surface area (Å²) in [7, 11) is 0. The van der Waals surface area contributed by atoms with Gasteiger partial charge in [0.05, 0.1) is 5.38 Å². The van der Waals surface area contributed by atoms with Gasteiger partial charge in [0.25, 0.3) is 0 Å². The average molecular weight is 425 g/mol. The maximum absolute atomic E-state index is 6.71. The summed E-state index contributed by atoms with van der Waals surface area (Å²) in [6, 6.07) is 18.9. The normalized spacial score (nSPS) is 12.6. The lowest BCUT2D eigenvalue weighted by atomic mass is 10.00. The summed E-state index contributed by atoms with van der Waals surface area (Å²) in [5.41, 5.74) is 3.37. The molecule has 0 nitrogen and oxygen atoms in total.